The SMILES string of the molecule is CN(C)CCN1CCN(C(=O)CC(c2ccccc2)c2ccccc2)CC1. The fraction of sp³-hybridized carbons (Fsp3) is 0.435. The predicted octanol–water partition coefficient (Wildman–Crippen LogP) is 2.91. The fourth-order valence-electron chi connectivity index (χ4n) is 3.66. The number of rotatable bonds is 7. The third-order valence-corrected chi connectivity index (χ3v) is 5.37. The van der Waals surface area contributed by atoms with Gasteiger partial charge in [0.15, 0.2) is 0 Å². The van der Waals surface area contributed by atoms with Crippen molar-refractivity contribution in [3.63, 3.8) is 0 Å². The van der Waals surface area contributed by atoms with E-state index in [9.17, 15) is 4.79 Å². The Balaban J connectivity index is 1.62. The molecule has 1 heterocycles. The lowest BCUT2D eigenvalue weighted by atomic mass is 9.88. The molecule has 0 aliphatic carbocycles. The monoisotopic (exact) mass is 365 g/mol. The zero-order valence-electron chi connectivity index (χ0n) is 16.6. The number of hydrogen-bond donors (Lipinski definition) is 0. The zero-order chi connectivity index (χ0) is 19.1. The summed E-state index contributed by atoms with van der Waals surface area (Å²) in [6.45, 7) is 5.76. The zero-order valence-corrected chi connectivity index (χ0v) is 16.6. The van der Waals surface area contributed by atoms with Gasteiger partial charge in [0, 0.05) is 51.6 Å². The van der Waals surface area contributed by atoms with Gasteiger partial charge in [0.25, 0.3) is 0 Å². The number of benzene rings is 2. The van der Waals surface area contributed by atoms with Crippen LogP contribution in [0.25, 0.3) is 0 Å². The van der Waals surface area contributed by atoms with Gasteiger partial charge in [-0.15, -0.1) is 0 Å². The van der Waals surface area contributed by atoms with Gasteiger partial charge in [-0.3, -0.25) is 9.69 Å². The van der Waals surface area contributed by atoms with Gasteiger partial charge in [0.05, 0.1) is 0 Å². The molecule has 144 valence electrons. The smallest absolute Gasteiger partial charge is 0.223 e. The summed E-state index contributed by atoms with van der Waals surface area (Å²) >= 11 is 0. The van der Waals surface area contributed by atoms with Crippen LogP contribution >= 0.6 is 0 Å². The third kappa shape index (κ3) is 5.65. The van der Waals surface area contributed by atoms with Crippen LogP contribution in [0.2, 0.25) is 0 Å². The molecule has 0 radical (unpaired) electrons. The molecule has 0 unspecified atom stereocenters. The van der Waals surface area contributed by atoms with Crippen molar-refractivity contribution in [3.8, 4) is 0 Å². The molecule has 2 aromatic rings. The number of carbonyl (C=O) groups is 1. The van der Waals surface area contributed by atoms with Crippen molar-refractivity contribution in [2.75, 3.05) is 53.4 Å². The summed E-state index contributed by atoms with van der Waals surface area (Å²) < 4.78 is 0. The molecule has 1 fully saturated rings. The lowest BCUT2D eigenvalue weighted by Gasteiger charge is -2.36. The highest BCUT2D eigenvalue weighted by Crippen LogP contribution is 2.28. The molecule has 2 aromatic carbocycles. The van der Waals surface area contributed by atoms with Crippen LogP contribution in [-0.2, 0) is 4.79 Å². The van der Waals surface area contributed by atoms with Crippen molar-refractivity contribution < 1.29 is 4.79 Å². The van der Waals surface area contributed by atoms with Crippen LogP contribution in [0.15, 0.2) is 60.7 Å². The standard InChI is InChI=1S/C23H31N3O/c1-24(2)13-14-25-15-17-26(18-16-25)23(27)19-22(20-9-5-3-6-10-20)21-11-7-4-8-12-21/h3-12,22H,13-19H2,1-2H3. The van der Waals surface area contributed by atoms with E-state index in [4.69, 9.17) is 0 Å². The van der Waals surface area contributed by atoms with Crippen molar-refractivity contribution in [2.24, 2.45) is 0 Å². The molecule has 27 heavy (non-hydrogen) atoms. The van der Waals surface area contributed by atoms with Gasteiger partial charge in [-0.1, -0.05) is 60.7 Å². The van der Waals surface area contributed by atoms with Gasteiger partial charge in [0.1, 0.15) is 0 Å². The Morgan fingerprint density at radius 2 is 1.41 bits per heavy atom. The van der Waals surface area contributed by atoms with Gasteiger partial charge in [-0.2, -0.15) is 0 Å². The van der Waals surface area contributed by atoms with Crippen LogP contribution in [0.3, 0.4) is 0 Å². The minimum absolute atomic E-state index is 0.117. The van der Waals surface area contributed by atoms with Gasteiger partial charge in [-0.25, -0.2) is 0 Å². The molecular weight excluding hydrogens is 334 g/mol. The van der Waals surface area contributed by atoms with Gasteiger partial charge < -0.3 is 9.80 Å². The number of carbonyl (C=O) groups excluding carboxylic acids is 1. The molecule has 0 atom stereocenters. The summed E-state index contributed by atoms with van der Waals surface area (Å²) in [5.41, 5.74) is 2.42. The summed E-state index contributed by atoms with van der Waals surface area (Å²) in [4.78, 5) is 19.7. The topological polar surface area (TPSA) is 26.8 Å². The molecular formula is C23H31N3O. The first-order chi connectivity index (χ1) is 13.1. The van der Waals surface area contributed by atoms with Crippen molar-refractivity contribution in [3.05, 3.63) is 71.8 Å². The first-order valence-electron chi connectivity index (χ1n) is 9.88. The molecule has 1 aliphatic heterocycles. The fourth-order valence-corrected chi connectivity index (χ4v) is 3.66. The van der Waals surface area contributed by atoms with E-state index in [1.807, 2.05) is 17.0 Å². The van der Waals surface area contributed by atoms with E-state index in [-0.39, 0.29) is 11.8 Å². The van der Waals surface area contributed by atoms with Crippen LogP contribution in [-0.4, -0.2) is 74.0 Å². The second-order valence-electron chi connectivity index (χ2n) is 7.60. The van der Waals surface area contributed by atoms with E-state index >= 15 is 0 Å². The Bertz CT molecular complexity index is 655. The Labute approximate surface area is 163 Å². The van der Waals surface area contributed by atoms with E-state index in [0.717, 1.165) is 39.3 Å². The Kier molecular flexibility index (Phi) is 7.02. The first-order valence-corrected chi connectivity index (χ1v) is 9.88. The number of nitrogens with zero attached hydrogens (tertiary/aromatic N) is 3. The van der Waals surface area contributed by atoms with Crippen molar-refractivity contribution in [2.45, 2.75) is 12.3 Å². The maximum Gasteiger partial charge on any atom is 0.223 e. The summed E-state index contributed by atoms with van der Waals surface area (Å²) in [5.74, 6) is 0.381. The molecule has 3 rings (SSSR count). The second kappa shape index (κ2) is 9.67. The lowest BCUT2D eigenvalue weighted by Crippen LogP contribution is -2.50. The molecule has 0 bridgehead atoms. The molecule has 0 saturated carbocycles. The Hall–Kier alpha value is -2.17. The normalized spacial score (nSPS) is 15.5. The van der Waals surface area contributed by atoms with Crippen LogP contribution in [0, 0.1) is 0 Å². The summed E-state index contributed by atoms with van der Waals surface area (Å²) in [6.07, 6.45) is 0.533. The number of amides is 1. The second-order valence-corrected chi connectivity index (χ2v) is 7.60. The van der Waals surface area contributed by atoms with Crippen LogP contribution in [0.4, 0.5) is 0 Å². The number of hydrogen-bond acceptors (Lipinski definition) is 3. The third-order valence-electron chi connectivity index (χ3n) is 5.37. The Morgan fingerprint density at radius 3 is 1.89 bits per heavy atom. The molecule has 0 spiro atoms. The largest absolute Gasteiger partial charge is 0.340 e. The molecule has 4 heteroatoms. The molecule has 0 N–H and O–H groups in total. The van der Waals surface area contributed by atoms with Gasteiger partial charge in [0.2, 0.25) is 5.91 Å². The minimum Gasteiger partial charge on any atom is -0.340 e. The highest BCUT2D eigenvalue weighted by Gasteiger charge is 2.25. The van der Waals surface area contributed by atoms with Crippen molar-refractivity contribution >= 4 is 5.91 Å². The van der Waals surface area contributed by atoms with Gasteiger partial charge >= 0.3 is 0 Å². The number of piperazine rings is 1. The first kappa shape index (κ1) is 19.6. The van der Waals surface area contributed by atoms with Crippen molar-refractivity contribution in [1.82, 2.24) is 14.7 Å². The number of likely N-dealkylation sites (N-methyl/N-ethyl adjacent to an activating group) is 1. The molecule has 1 aliphatic rings. The molecule has 1 saturated heterocycles. The van der Waals surface area contributed by atoms with Crippen molar-refractivity contribution in [1.29, 1.82) is 0 Å². The quantitative estimate of drug-likeness (QED) is 0.755. The maximum absolute atomic E-state index is 13.0. The molecule has 0 aromatic heterocycles. The molecule has 4 nitrogen and oxygen atoms in total. The van der Waals surface area contributed by atoms with Gasteiger partial charge in [-0.05, 0) is 25.2 Å². The predicted molar refractivity (Wildman–Crippen MR) is 111 cm³/mol. The van der Waals surface area contributed by atoms with E-state index < -0.39 is 0 Å². The summed E-state index contributed by atoms with van der Waals surface area (Å²) in [6, 6.07) is 20.8. The van der Waals surface area contributed by atoms with E-state index in [0.29, 0.717) is 6.42 Å². The Morgan fingerprint density at radius 1 is 0.889 bits per heavy atom. The molecule has 1 amide bonds. The highest BCUT2D eigenvalue weighted by molar-refractivity contribution is 5.78. The highest BCUT2D eigenvalue weighted by atomic mass is 16.2. The van der Waals surface area contributed by atoms with Crippen LogP contribution < -0.4 is 0 Å². The summed E-state index contributed by atoms with van der Waals surface area (Å²) in [5, 5.41) is 0. The van der Waals surface area contributed by atoms with E-state index in [1.165, 1.54) is 11.1 Å². The minimum atomic E-state index is 0.117. The lowest BCUT2D eigenvalue weighted by molar-refractivity contribution is -0.133. The average molecular weight is 366 g/mol. The van der Waals surface area contributed by atoms with Crippen LogP contribution in [0.1, 0.15) is 23.5 Å². The average Bonchev–Trinajstić information content (AvgIpc) is 2.72. The summed E-state index contributed by atoms with van der Waals surface area (Å²) in [7, 11) is 4.21. The van der Waals surface area contributed by atoms with E-state index in [1.54, 1.807) is 0 Å². The maximum atomic E-state index is 13.0. The van der Waals surface area contributed by atoms with E-state index in [2.05, 4.69) is 72.4 Å². The van der Waals surface area contributed by atoms with Crippen LogP contribution in [0.5, 0.6) is 0 Å².